The maximum Gasteiger partial charge on any atom is 0.323 e. The number of nitrogens with one attached hydrogen (secondary N) is 1. The average Bonchev–Trinajstić information content (AvgIpc) is 2.82. The molecule has 2 rings (SSSR count). The molecule has 1 aliphatic rings. The number of carbonyl (C=O) groups excluding carboxylic acids is 1. The molecule has 0 unspecified atom stereocenters. The van der Waals surface area contributed by atoms with Gasteiger partial charge in [-0.3, -0.25) is 4.79 Å². The van der Waals surface area contributed by atoms with Crippen molar-refractivity contribution in [2.24, 2.45) is 0 Å². The molecule has 0 aromatic heterocycles. The van der Waals surface area contributed by atoms with Crippen LogP contribution in [0, 0.1) is 0 Å². The summed E-state index contributed by atoms with van der Waals surface area (Å²) in [5, 5.41) is 12.2. The van der Waals surface area contributed by atoms with E-state index in [4.69, 9.17) is 9.47 Å². The van der Waals surface area contributed by atoms with Gasteiger partial charge in [-0.2, -0.15) is 0 Å². The third-order valence-corrected chi connectivity index (χ3v) is 2.73. The molecule has 98 valence electrons. The van der Waals surface area contributed by atoms with Crippen LogP contribution in [0.15, 0.2) is 30.3 Å². The van der Waals surface area contributed by atoms with E-state index < -0.39 is 12.1 Å². The first kappa shape index (κ1) is 12.9. The van der Waals surface area contributed by atoms with Crippen LogP contribution in [0.5, 0.6) is 5.75 Å². The zero-order valence-electron chi connectivity index (χ0n) is 10.0. The van der Waals surface area contributed by atoms with Gasteiger partial charge in [0.1, 0.15) is 25.0 Å². The van der Waals surface area contributed by atoms with Crippen molar-refractivity contribution in [1.29, 1.82) is 0 Å². The van der Waals surface area contributed by atoms with Gasteiger partial charge in [-0.05, 0) is 12.1 Å². The van der Waals surface area contributed by atoms with Crippen molar-refractivity contribution >= 4 is 5.97 Å². The lowest BCUT2D eigenvalue weighted by Crippen LogP contribution is -2.33. The van der Waals surface area contributed by atoms with Crippen molar-refractivity contribution in [2.75, 3.05) is 19.8 Å². The largest absolute Gasteiger partial charge is 0.490 e. The maximum atomic E-state index is 11.6. The summed E-state index contributed by atoms with van der Waals surface area (Å²) in [6, 6.07) is 8.96. The predicted molar refractivity (Wildman–Crippen MR) is 65.3 cm³/mol. The fourth-order valence-electron chi connectivity index (χ4n) is 1.82. The first-order valence-electron chi connectivity index (χ1n) is 6.01. The van der Waals surface area contributed by atoms with Gasteiger partial charge in [0.15, 0.2) is 0 Å². The van der Waals surface area contributed by atoms with Gasteiger partial charge in [-0.15, -0.1) is 0 Å². The van der Waals surface area contributed by atoms with Gasteiger partial charge in [0.2, 0.25) is 0 Å². The number of aliphatic hydroxyl groups excluding tert-OH is 1. The highest BCUT2D eigenvalue weighted by Crippen LogP contribution is 2.09. The number of carbonyl (C=O) groups is 1. The topological polar surface area (TPSA) is 67.8 Å². The zero-order valence-corrected chi connectivity index (χ0v) is 10.0. The van der Waals surface area contributed by atoms with Gasteiger partial charge < -0.3 is 19.9 Å². The minimum absolute atomic E-state index is 0.210. The second-order valence-electron chi connectivity index (χ2n) is 4.18. The highest BCUT2D eigenvalue weighted by Gasteiger charge is 2.29. The molecule has 1 aliphatic heterocycles. The summed E-state index contributed by atoms with van der Waals surface area (Å²) in [4.78, 5) is 11.6. The van der Waals surface area contributed by atoms with E-state index in [0.29, 0.717) is 19.6 Å². The van der Waals surface area contributed by atoms with Crippen molar-refractivity contribution in [1.82, 2.24) is 5.32 Å². The molecule has 5 nitrogen and oxygen atoms in total. The predicted octanol–water partition coefficient (Wildman–Crippen LogP) is 0.331. The Hall–Kier alpha value is -1.59. The number of esters is 1. The van der Waals surface area contributed by atoms with Crippen molar-refractivity contribution in [3.05, 3.63) is 30.3 Å². The monoisotopic (exact) mass is 251 g/mol. The van der Waals surface area contributed by atoms with Crippen LogP contribution >= 0.6 is 0 Å². The van der Waals surface area contributed by atoms with Crippen LogP contribution in [0.4, 0.5) is 0 Å². The maximum absolute atomic E-state index is 11.6. The molecule has 0 radical (unpaired) electrons. The van der Waals surface area contributed by atoms with E-state index in [1.807, 2.05) is 30.3 Å². The van der Waals surface area contributed by atoms with Crippen LogP contribution < -0.4 is 10.1 Å². The van der Waals surface area contributed by atoms with Gasteiger partial charge in [-0.25, -0.2) is 0 Å². The fourth-order valence-corrected chi connectivity index (χ4v) is 1.82. The Kier molecular flexibility index (Phi) is 4.55. The summed E-state index contributed by atoms with van der Waals surface area (Å²) in [5.41, 5.74) is 0. The molecule has 1 aromatic carbocycles. The van der Waals surface area contributed by atoms with E-state index in [0.717, 1.165) is 5.75 Å². The SMILES string of the molecule is O=C(OCCOc1ccccc1)[C@H]1C[C@@H](O)CN1. The summed E-state index contributed by atoms with van der Waals surface area (Å²) in [6.45, 7) is 0.979. The number of aliphatic hydroxyl groups is 1. The number of hydrogen-bond acceptors (Lipinski definition) is 5. The third kappa shape index (κ3) is 3.72. The first-order chi connectivity index (χ1) is 8.75. The van der Waals surface area contributed by atoms with Crippen LogP contribution in [0.25, 0.3) is 0 Å². The molecule has 0 bridgehead atoms. The van der Waals surface area contributed by atoms with Crippen molar-refractivity contribution in [2.45, 2.75) is 18.6 Å². The van der Waals surface area contributed by atoms with Gasteiger partial charge in [0, 0.05) is 13.0 Å². The molecule has 1 fully saturated rings. The smallest absolute Gasteiger partial charge is 0.323 e. The lowest BCUT2D eigenvalue weighted by atomic mass is 10.2. The molecule has 2 N–H and O–H groups in total. The van der Waals surface area contributed by atoms with E-state index in [9.17, 15) is 9.90 Å². The number of rotatable bonds is 5. The number of para-hydroxylation sites is 1. The number of hydrogen-bond donors (Lipinski definition) is 2. The highest BCUT2D eigenvalue weighted by molar-refractivity contribution is 5.76. The molecule has 1 heterocycles. The van der Waals surface area contributed by atoms with Crippen LogP contribution in [0.3, 0.4) is 0 Å². The Morgan fingerprint density at radius 1 is 1.33 bits per heavy atom. The van der Waals surface area contributed by atoms with E-state index >= 15 is 0 Å². The van der Waals surface area contributed by atoms with E-state index in [1.54, 1.807) is 0 Å². The van der Waals surface area contributed by atoms with E-state index in [2.05, 4.69) is 5.32 Å². The Bertz CT molecular complexity index is 382. The number of ether oxygens (including phenoxy) is 2. The molecule has 1 aromatic rings. The Balaban J connectivity index is 1.62. The van der Waals surface area contributed by atoms with E-state index in [1.165, 1.54) is 0 Å². The molecule has 0 aliphatic carbocycles. The van der Waals surface area contributed by atoms with Crippen molar-refractivity contribution in [3.8, 4) is 5.75 Å². The fraction of sp³-hybridized carbons (Fsp3) is 0.462. The average molecular weight is 251 g/mol. The lowest BCUT2D eigenvalue weighted by molar-refractivity contribution is -0.146. The lowest BCUT2D eigenvalue weighted by Gasteiger charge is -2.10. The van der Waals surface area contributed by atoms with Crippen LogP contribution in [0.2, 0.25) is 0 Å². The quantitative estimate of drug-likeness (QED) is 0.583. The second-order valence-corrected chi connectivity index (χ2v) is 4.18. The van der Waals surface area contributed by atoms with Crippen molar-refractivity contribution < 1.29 is 19.4 Å². The first-order valence-corrected chi connectivity index (χ1v) is 6.01. The summed E-state index contributed by atoms with van der Waals surface area (Å²) in [6.07, 6.45) is -0.0404. The van der Waals surface area contributed by atoms with Gasteiger partial charge in [0.25, 0.3) is 0 Å². The third-order valence-electron chi connectivity index (χ3n) is 2.73. The molecule has 1 saturated heterocycles. The summed E-state index contributed by atoms with van der Waals surface area (Å²) in [5.74, 6) is 0.422. The van der Waals surface area contributed by atoms with Crippen molar-refractivity contribution in [3.63, 3.8) is 0 Å². The minimum atomic E-state index is -0.455. The normalized spacial score (nSPS) is 22.7. The Morgan fingerprint density at radius 3 is 2.78 bits per heavy atom. The molecule has 5 heteroatoms. The summed E-state index contributed by atoms with van der Waals surface area (Å²) in [7, 11) is 0. The molecule has 0 saturated carbocycles. The molecular formula is C13H17NO4. The standard InChI is InChI=1S/C13H17NO4/c15-10-8-12(14-9-10)13(16)18-7-6-17-11-4-2-1-3-5-11/h1-5,10,12,14-15H,6-9H2/t10-,12-/m1/s1. The minimum Gasteiger partial charge on any atom is -0.490 e. The molecule has 18 heavy (non-hydrogen) atoms. The Labute approximate surface area is 106 Å². The van der Waals surface area contributed by atoms with Crippen LogP contribution in [-0.4, -0.2) is 43.0 Å². The zero-order chi connectivity index (χ0) is 12.8. The molecule has 0 amide bonds. The molecule has 2 atom stereocenters. The van der Waals surface area contributed by atoms with Gasteiger partial charge >= 0.3 is 5.97 Å². The Morgan fingerprint density at radius 2 is 2.11 bits per heavy atom. The number of benzene rings is 1. The second kappa shape index (κ2) is 6.37. The summed E-state index contributed by atoms with van der Waals surface area (Å²) >= 11 is 0. The number of β-amino-alcohol motifs (C(OH)–C–C–N with tert-alkyl or cyclic N) is 1. The molecule has 0 spiro atoms. The van der Waals surface area contributed by atoms with E-state index in [-0.39, 0.29) is 12.6 Å². The highest BCUT2D eigenvalue weighted by atomic mass is 16.6. The van der Waals surface area contributed by atoms with Gasteiger partial charge in [0.05, 0.1) is 6.10 Å². The van der Waals surface area contributed by atoms with Crippen LogP contribution in [0.1, 0.15) is 6.42 Å². The molecular weight excluding hydrogens is 234 g/mol. The van der Waals surface area contributed by atoms with Gasteiger partial charge in [-0.1, -0.05) is 18.2 Å². The van der Waals surface area contributed by atoms with Crippen LogP contribution in [-0.2, 0) is 9.53 Å². The summed E-state index contributed by atoms with van der Waals surface area (Å²) < 4.78 is 10.5.